The fourth-order valence-electron chi connectivity index (χ4n) is 1.98. The molecule has 0 atom stereocenters. The van der Waals surface area contributed by atoms with Crippen molar-refractivity contribution >= 4 is 37.5 Å². The highest BCUT2D eigenvalue weighted by atomic mass is 79.9. The summed E-state index contributed by atoms with van der Waals surface area (Å²) >= 11 is 3.31. The Balaban J connectivity index is 2.06. The van der Waals surface area contributed by atoms with Crippen molar-refractivity contribution in [1.29, 1.82) is 0 Å². The molecule has 128 valence electrons. The molecule has 1 N–H and O–H groups in total. The summed E-state index contributed by atoms with van der Waals surface area (Å²) in [5.41, 5.74) is 1.16. The van der Waals surface area contributed by atoms with Crippen LogP contribution >= 0.6 is 15.9 Å². The molecule has 1 amide bonds. The quantitative estimate of drug-likeness (QED) is 0.789. The minimum Gasteiger partial charge on any atom is -0.325 e. The predicted molar refractivity (Wildman–Crippen MR) is 94.4 cm³/mol. The Morgan fingerprint density at radius 1 is 1.12 bits per heavy atom. The van der Waals surface area contributed by atoms with Gasteiger partial charge in [-0.05, 0) is 42.0 Å². The van der Waals surface area contributed by atoms with Gasteiger partial charge in [0, 0.05) is 16.7 Å². The van der Waals surface area contributed by atoms with Crippen LogP contribution in [0.4, 0.5) is 10.1 Å². The third-order valence-corrected chi connectivity index (χ3v) is 4.91. The van der Waals surface area contributed by atoms with E-state index in [2.05, 4.69) is 21.2 Å². The summed E-state index contributed by atoms with van der Waals surface area (Å²) in [7, 11) is -3.57. The van der Waals surface area contributed by atoms with Crippen molar-refractivity contribution in [3.63, 3.8) is 0 Å². The standard InChI is InChI=1S/C16H16BrFN2O3S/c1-24(22,23)20(10-12-2-4-13(17)5-3-12)11-16(21)19-15-8-6-14(18)7-9-15/h2-9H,10-11H2,1H3,(H,19,21). The molecule has 0 unspecified atom stereocenters. The molecule has 0 spiro atoms. The SMILES string of the molecule is CS(=O)(=O)N(CC(=O)Nc1ccc(F)cc1)Cc1ccc(Br)cc1. The number of hydrogen-bond donors (Lipinski definition) is 1. The van der Waals surface area contributed by atoms with Gasteiger partial charge in [-0.1, -0.05) is 28.1 Å². The lowest BCUT2D eigenvalue weighted by Crippen LogP contribution is -2.36. The summed E-state index contributed by atoms with van der Waals surface area (Å²) in [4.78, 5) is 12.1. The van der Waals surface area contributed by atoms with Gasteiger partial charge >= 0.3 is 0 Å². The second-order valence-corrected chi connectivity index (χ2v) is 8.11. The molecule has 2 aromatic carbocycles. The van der Waals surface area contributed by atoms with Crippen LogP contribution in [0.5, 0.6) is 0 Å². The highest BCUT2D eigenvalue weighted by molar-refractivity contribution is 9.10. The minimum atomic E-state index is -3.57. The summed E-state index contributed by atoms with van der Waals surface area (Å²) in [6.45, 7) is -0.241. The number of hydrogen-bond acceptors (Lipinski definition) is 3. The van der Waals surface area contributed by atoms with Crippen LogP contribution < -0.4 is 5.32 Å². The molecule has 2 aromatic rings. The van der Waals surface area contributed by atoms with Gasteiger partial charge in [0.2, 0.25) is 15.9 Å². The van der Waals surface area contributed by atoms with Crippen LogP contribution in [0, 0.1) is 5.82 Å². The van der Waals surface area contributed by atoms with E-state index in [1.807, 2.05) is 0 Å². The zero-order chi connectivity index (χ0) is 17.7. The average Bonchev–Trinajstić information content (AvgIpc) is 2.50. The number of sulfonamides is 1. The van der Waals surface area contributed by atoms with Gasteiger partial charge in [-0.15, -0.1) is 0 Å². The molecular weight excluding hydrogens is 399 g/mol. The number of carbonyl (C=O) groups is 1. The number of carbonyl (C=O) groups excluding carboxylic acids is 1. The van der Waals surface area contributed by atoms with Gasteiger partial charge in [-0.3, -0.25) is 4.79 Å². The van der Waals surface area contributed by atoms with Crippen molar-refractivity contribution in [3.05, 3.63) is 64.4 Å². The monoisotopic (exact) mass is 414 g/mol. The molecule has 8 heteroatoms. The van der Waals surface area contributed by atoms with Crippen LogP contribution in [0.25, 0.3) is 0 Å². The highest BCUT2D eigenvalue weighted by Gasteiger charge is 2.20. The lowest BCUT2D eigenvalue weighted by atomic mass is 10.2. The van der Waals surface area contributed by atoms with Gasteiger partial charge < -0.3 is 5.32 Å². The molecular formula is C16H16BrFN2O3S. The summed E-state index contributed by atoms with van der Waals surface area (Å²) in [6, 6.07) is 12.4. The van der Waals surface area contributed by atoms with Gasteiger partial charge in [-0.25, -0.2) is 12.8 Å². The number of halogens is 2. The number of anilines is 1. The molecule has 0 saturated carbocycles. The molecule has 0 aliphatic heterocycles. The zero-order valence-electron chi connectivity index (χ0n) is 12.9. The molecule has 0 aliphatic carbocycles. The Morgan fingerprint density at radius 3 is 2.25 bits per heavy atom. The van der Waals surface area contributed by atoms with E-state index in [4.69, 9.17) is 0 Å². The lowest BCUT2D eigenvalue weighted by Gasteiger charge is -2.19. The normalized spacial score (nSPS) is 11.5. The summed E-state index contributed by atoms with van der Waals surface area (Å²) in [6.07, 6.45) is 1.05. The molecule has 0 radical (unpaired) electrons. The van der Waals surface area contributed by atoms with E-state index >= 15 is 0 Å². The number of benzene rings is 2. The molecule has 0 aliphatic rings. The second-order valence-electron chi connectivity index (χ2n) is 5.21. The first-order chi connectivity index (χ1) is 11.2. The Morgan fingerprint density at radius 2 is 1.71 bits per heavy atom. The first-order valence-corrected chi connectivity index (χ1v) is 9.63. The first kappa shape index (κ1) is 18.6. The van der Waals surface area contributed by atoms with E-state index in [-0.39, 0.29) is 13.1 Å². The third kappa shape index (κ3) is 5.70. The predicted octanol–water partition coefficient (Wildman–Crippen LogP) is 2.99. The van der Waals surface area contributed by atoms with Crippen LogP contribution in [0.3, 0.4) is 0 Å². The van der Waals surface area contributed by atoms with Crippen LogP contribution in [-0.4, -0.2) is 31.4 Å². The Hall–Kier alpha value is -1.77. The number of rotatable bonds is 6. The highest BCUT2D eigenvalue weighted by Crippen LogP contribution is 2.14. The second kappa shape index (κ2) is 7.87. The zero-order valence-corrected chi connectivity index (χ0v) is 15.3. The topological polar surface area (TPSA) is 66.5 Å². The summed E-state index contributed by atoms with van der Waals surface area (Å²) in [5.74, 6) is -0.912. The average molecular weight is 415 g/mol. The van der Waals surface area contributed by atoms with E-state index in [1.54, 1.807) is 24.3 Å². The maximum absolute atomic E-state index is 12.9. The molecule has 2 rings (SSSR count). The molecule has 0 fully saturated rings. The van der Waals surface area contributed by atoms with E-state index in [0.29, 0.717) is 5.69 Å². The van der Waals surface area contributed by atoms with Gasteiger partial charge in [0.25, 0.3) is 0 Å². The largest absolute Gasteiger partial charge is 0.325 e. The molecule has 0 aromatic heterocycles. The van der Waals surface area contributed by atoms with Crippen molar-refractivity contribution < 1.29 is 17.6 Å². The van der Waals surface area contributed by atoms with Gasteiger partial charge in [-0.2, -0.15) is 4.31 Å². The first-order valence-electron chi connectivity index (χ1n) is 6.99. The summed E-state index contributed by atoms with van der Waals surface area (Å²) in [5, 5.41) is 2.55. The third-order valence-electron chi connectivity index (χ3n) is 3.19. The lowest BCUT2D eigenvalue weighted by molar-refractivity contribution is -0.116. The van der Waals surface area contributed by atoms with Crippen molar-refractivity contribution in [1.82, 2.24) is 4.31 Å². The van der Waals surface area contributed by atoms with E-state index in [9.17, 15) is 17.6 Å². The van der Waals surface area contributed by atoms with E-state index < -0.39 is 21.7 Å². The van der Waals surface area contributed by atoms with Crippen molar-refractivity contribution in [2.75, 3.05) is 18.1 Å². The number of amides is 1. The molecule has 0 bridgehead atoms. The Kier molecular flexibility index (Phi) is 6.09. The maximum Gasteiger partial charge on any atom is 0.239 e. The number of nitrogens with zero attached hydrogens (tertiary/aromatic N) is 1. The maximum atomic E-state index is 12.9. The van der Waals surface area contributed by atoms with Crippen molar-refractivity contribution in [2.24, 2.45) is 0 Å². The van der Waals surface area contributed by atoms with E-state index in [1.165, 1.54) is 24.3 Å². The van der Waals surface area contributed by atoms with Gasteiger partial charge in [0.05, 0.1) is 12.8 Å². The van der Waals surface area contributed by atoms with Crippen LogP contribution in [0.1, 0.15) is 5.56 Å². The van der Waals surface area contributed by atoms with Gasteiger partial charge in [0.1, 0.15) is 5.82 Å². The molecule has 0 heterocycles. The minimum absolute atomic E-state index is 0.0863. The van der Waals surface area contributed by atoms with Crippen molar-refractivity contribution in [3.8, 4) is 0 Å². The van der Waals surface area contributed by atoms with Crippen LogP contribution in [-0.2, 0) is 21.4 Å². The fraction of sp³-hybridized carbons (Fsp3) is 0.188. The fourth-order valence-corrected chi connectivity index (χ4v) is 2.98. The van der Waals surface area contributed by atoms with Crippen LogP contribution in [0.15, 0.2) is 53.0 Å². The molecule has 24 heavy (non-hydrogen) atoms. The summed E-state index contributed by atoms with van der Waals surface area (Å²) < 4.78 is 38.7. The van der Waals surface area contributed by atoms with Crippen LogP contribution in [0.2, 0.25) is 0 Å². The van der Waals surface area contributed by atoms with Crippen molar-refractivity contribution in [2.45, 2.75) is 6.54 Å². The Bertz CT molecular complexity index is 808. The van der Waals surface area contributed by atoms with E-state index in [0.717, 1.165) is 20.6 Å². The smallest absolute Gasteiger partial charge is 0.239 e. The molecule has 0 saturated heterocycles. The molecule has 5 nitrogen and oxygen atoms in total. The van der Waals surface area contributed by atoms with Gasteiger partial charge in [0.15, 0.2) is 0 Å². The number of nitrogens with one attached hydrogen (secondary N) is 1. The Labute approximate surface area is 148 Å².